The van der Waals surface area contributed by atoms with Gasteiger partial charge in [-0.3, -0.25) is 0 Å². The Morgan fingerprint density at radius 3 is 3.12 bits per heavy atom. The third-order valence-corrected chi connectivity index (χ3v) is 3.72. The number of hydrogen-bond acceptors (Lipinski definition) is 1. The first-order valence-corrected chi connectivity index (χ1v) is 5.47. The molecule has 0 aliphatic carbocycles. The van der Waals surface area contributed by atoms with E-state index in [9.17, 15) is 0 Å². The van der Waals surface area contributed by atoms with Crippen molar-refractivity contribution in [1.82, 2.24) is 0 Å². The molecule has 0 atom stereocenters. The van der Waals surface area contributed by atoms with E-state index in [4.69, 9.17) is 0 Å². The van der Waals surface area contributed by atoms with Crippen molar-refractivity contribution in [2.45, 2.75) is 0 Å². The maximum atomic E-state index is 3.39. The normalized spacial score (nSPS) is 9.62. The van der Waals surface area contributed by atoms with Gasteiger partial charge < -0.3 is 0 Å². The summed E-state index contributed by atoms with van der Waals surface area (Å²) in [6.07, 6.45) is 0. The fourth-order valence-electron chi connectivity index (χ4n) is 0.445. The molecule has 0 N–H and O–H groups in total. The monoisotopic (exact) mass is 204 g/mol. The summed E-state index contributed by atoms with van der Waals surface area (Å²) in [6.45, 7) is 0. The molecule has 0 saturated heterocycles. The Kier molecular flexibility index (Phi) is 2.79. The standard InChI is InChI=1S/C5H5BrSSi/c6-4-8-5-2-1-3-7-5/h1-3H,4H2. The molecule has 0 spiro atoms. The van der Waals surface area contributed by atoms with Gasteiger partial charge in [-0.1, -0.05) is 28.1 Å². The van der Waals surface area contributed by atoms with Gasteiger partial charge in [-0.25, -0.2) is 0 Å². The second-order valence-corrected chi connectivity index (χ2v) is 5.44. The Balaban J connectivity index is 2.50. The first-order valence-electron chi connectivity index (χ1n) is 2.27. The van der Waals surface area contributed by atoms with Crippen LogP contribution in [-0.4, -0.2) is 14.5 Å². The molecule has 0 unspecified atom stereocenters. The second kappa shape index (κ2) is 3.43. The molecule has 0 fully saturated rings. The lowest BCUT2D eigenvalue weighted by atomic mass is 10.7. The number of rotatable bonds is 2. The molecule has 0 aromatic carbocycles. The molecule has 0 nitrogen and oxygen atoms in total. The molecule has 2 radical (unpaired) electrons. The minimum absolute atomic E-state index is 0.947. The van der Waals surface area contributed by atoms with Crippen molar-refractivity contribution in [3.8, 4) is 0 Å². The highest BCUT2D eigenvalue weighted by atomic mass is 79.9. The van der Waals surface area contributed by atoms with Crippen LogP contribution in [0.25, 0.3) is 0 Å². The lowest BCUT2D eigenvalue weighted by molar-refractivity contribution is 2.05. The average Bonchev–Trinajstić information content (AvgIpc) is 2.19. The SMILES string of the molecule is BrC[Si]c1cccs1. The van der Waals surface area contributed by atoms with Crippen molar-refractivity contribution in [3.05, 3.63) is 17.5 Å². The first-order chi connectivity index (χ1) is 3.93. The van der Waals surface area contributed by atoms with E-state index in [0.29, 0.717) is 0 Å². The number of halogens is 1. The van der Waals surface area contributed by atoms with Crippen molar-refractivity contribution in [3.63, 3.8) is 0 Å². The van der Waals surface area contributed by atoms with Gasteiger partial charge in [0.15, 0.2) is 0 Å². The summed E-state index contributed by atoms with van der Waals surface area (Å²) in [5, 5.41) is 2.12. The van der Waals surface area contributed by atoms with Crippen LogP contribution in [0.3, 0.4) is 0 Å². The highest BCUT2D eigenvalue weighted by molar-refractivity contribution is 9.09. The second-order valence-electron chi connectivity index (χ2n) is 1.29. The quantitative estimate of drug-likeness (QED) is 0.506. The van der Waals surface area contributed by atoms with E-state index in [-0.39, 0.29) is 0 Å². The zero-order valence-corrected chi connectivity index (χ0v) is 7.63. The number of hydrogen-bond donors (Lipinski definition) is 0. The lowest BCUT2D eigenvalue weighted by Crippen LogP contribution is -2.09. The maximum Gasteiger partial charge on any atom is 0.107 e. The Bertz CT molecular complexity index is 138. The molecular weight excluding hydrogens is 200 g/mol. The summed E-state index contributed by atoms with van der Waals surface area (Å²) >= 11 is 5.22. The van der Waals surface area contributed by atoms with Crippen LogP contribution >= 0.6 is 27.3 Å². The van der Waals surface area contributed by atoms with Crippen LogP contribution in [-0.2, 0) is 0 Å². The first kappa shape index (κ1) is 6.52. The largest absolute Gasteiger partial charge is 0.154 e. The van der Waals surface area contributed by atoms with Gasteiger partial charge in [0.2, 0.25) is 0 Å². The summed E-state index contributed by atoms with van der Waals surface area (Å²) in [5.74, 6) is 0. The lowest BCUT2D eigenvalue weighted by Gasteiger charge is -1.82. The van der Waals surface area contributed by atoms with E-state index < -0.39 is 0 Å². The van der Waals surface area contributed by atoms with E-state index in [1.165, 1.54) is 4.50 Å². The minimum Gasteiger partial charge on any atom is -0.154 e. The van der Waals surface area contributed by atoms with Crippen molar-refractivity contribution >= 4 is 41.3 Å². The summed E-state index contributed by atoms with van der Waals surface area (Å²) in [7, 11) is 0.947. The van der Waals surface area contributed by atoms with E-state index >= 15 is 0 Å². The molecule has 3 heteroatoms. The van der Waals surface area contributed by atoms with Crippen molar-refractivity contribution in [2.75, 3.05) is 4.95 Å². The number of thiophene rings is 1. The van der Waals surface area contributed by atoms with Crippen LogP contribution in [0.15, 0.2) is 17.5 Å². The summed E-state index contributed by atoms with van der Waals surface area (Å²) in [4.78, 5) is 1.10. The van der Waals surface area contributed by atoms with Gasteiger partial charge in [-0.05, 0) is 9.88 Å². The molecule has 42 valence electrons. The molecule has 0 aliphatic rings. The molecule has 0 aliphatic heterocycles. The zero-order chi connectivity index (χ0) is 5.82. The van der Waals surface area contributed by atoms with Gasteiger partial charge in [0.05, 0.1) is 0 Å². The molecule has 8 heavy (non-hydrogen) atoms. The van der Waals surface area contributed by atoms with Crippen molar-refractivity contribution < 1.29 is 0 Å². The molecule has 1 aromatic heterocycles. The van der Waals surface area contributed by atoms with Gasteiger partial charge in [-0.2, -0.15) is 11.3 Å². The third kappa shape index (κ3) is 1.72. The maximum absolute atomic E-state index is 3.39. The zero-order valence-electron chi connectivity index (χ0n) is 4.23. The van der Waals surface area contributed by atoms with Gasteiger partial charge >= 0.3 is 0 Å². The van der Waals surface area contributed by atoms with E-state index in [0.717, 1.165) is 14.5 Å². The van der Waals surface area contributed by atoms with Crippen LogP contribution < -0.4 is 4.50 Å². The highest BCUT2D eigenvalue weighted by Crippen LogP contribution is 1.91. The van der Waals surface area contributed by atoms with Crippen LogP contribution in [0, 0.1) is 0 Å². The average molecular weight is 205 g/mol. The van der Waals surface area contributed by atoms with Gasteiger partial charge in [0.1, 0.15) is 9.52 Å². The van der Waals surface area contributed by atoms with Gasteiger partial charge in [0.25, 0.3) is 0 Å². The van der Waals surface area contributed by atoms with Crippen molar-refractivity contribution in [1.29, 1.82) is 0 Å². The van der Waals surface area contributed by atoms with E-state index in [1.807, 2.05) is 11.3 Å². The highest BCUT2D eigenvalue weighted by Gasteiger charge is 1.89. The Morgan fingerprint density at radius 2 is 2.62 bits per heavy atom. The molecule has 1 heterocycles. The summed E-state index contributed by atoms with van der Waals surface area (Å²) in [6, 6.07) is 4.26. The minimum atomic E-state index is 0.947. The molecule has 1 rings (SSSR count). The predicted octanol–water partition coefficient (Wildman–Crippen LogP) is 1.43. The van der Waals surface area contributed by atoms with Crippen LogP contribution in [0.1, 0.15) is 0 Å². The van der Waals surface area contributed by atoms with Gasteiger partial charge in [0, 0.05) is 4.95 Å². The topological polar surface area (TPSA) is 0 Å². The summed E-state index contributed by atoms with van der Waals surface area (Å²) < 4.78 is 1.49. The Labute approximate surface area is 63.9 Å². The third-order valence-electron chi connectivity index (χ3n) is 0.762. The van der Waals surface area contributed by atoms with Crippen LogP contribution in [0.5, 0.6) is 0 Å². The molecule has 0 bridgehead atoms. The number of alkyl halides is 1. The van der Waals surface area contributed by atoms with Crippen LogP contribution in [0.2, 0.25) is 0 Å². The van der Waals surface area contributed by atoms with Crippen molar-refractivity contribution in [2.24, 2.45) is 0 Å². The fourth-order valence-corrected chi connectivity index (χ4v) is 3.47. The van der Waals surface area contributed by atoms with Gasteiger partial charge in [-0.15, -0.1) is 0 Å². The van der Waals surface area contributed by atoms with E-state index in [1.54, 1.807) is 0 Å². The molecule has 1 aromatic rings. The Hall–Kier alpha value is 0.397. The van der Waals surface area contributed by atoms with E-state index in [2.05, 4.69) is 33.4 Å². The molecule has 0 saturated carbocycles. The smallest absolute Gasteiger partial charge is 0.107 e. The molecular formula is C5H5BrSSi. The predicted molar refractivity (Wildman–Crippen MR) is 43.5 cm³/mol. The molecule has 0 amide bonds. The fraction of sp³-hybridized carbons (Fsp3) is 0.200. The Morgan fingerprint density at radius 1 is 1.75 bits per heavy atom. The summed E-state index contributed by atoms with van der Waals surface area (Å²) in [5.41, 5.74) is 0. The van der Waals surface area contributed by atoms with Crippen LogP contribution in [0.4, 0.5) is 0 Å².